The van der Waals surface area contributed by atoms with E-state index in [0.717, 1.165) is 31.4 Å². The molecule has 21 heavy (non-hydrogen) atoms. The maximum Gasteiger partial charge on any atom is 0.433 e. The average molecular weight is 305 g/mol. The molecule has 0 aliphatic heterocycles. The van der Waals surface area contributed by atoms with Crippen molar-refractivity contribution in [2.24, 2.45) is 5.73 Å². The van der Waals surface area contributed by atoms with Crippen LogP contribution in [0.15, 0.2) is 12.1 Å². The quantitative estimate of drug-likeness (QED) is 0.723. The van der Waals surface area contributed by atoms with Crippen molar-refractivity contribution in [3.05, 3.63) is 23.4 Å². The number of carbonyl (C=O) groups is 1. The molecule has 0 bridgehead atoms. The van der Waals surface area contributed by atoms with Crippen LogP contribution in [0.25, 0.3) is 0 Å². The molecule has 0 fully saturated rings. The van der Waals surface area contributed by atoms with E-state index in [1.54, 1.807) is 7.11 Å². The van der Waals surface area contributed by atoms with Gasteiger partial charge in [0, 0.05) is 20.3 Å². The van der Waals surface area contributed by atoms with Crippen LogP contribution >= 0.6 is 0 Å². The van der Waals surface area contributed by atoms with E-state index in [4.69, 9.17) is 10.5 Å². The summed E-state index contributed by atoms with van der Waals surface area (Å²) in [5.41, 5.74) is 4.01. The van der Waals surface area contributed by atoms with E-state index in [-0.39, 0.29) is 11.4 Å². The Morgan fingerprint density at radius 1 is 1.33 bits per heavy atom. The van der Waals surface area contributed by atoms with E-state index in [9.17, 15) is 18.0 Å². The summed E-state index contributed by atoms with van der Waals surface area (Å²) in [5.74, 6) is -0.956. The Morgan fingerprint density at radius 3 is 2.62 bits per heavy atom. The van der Waals surface area contributed by atoms with Gasteiger partial charge in [-0.1, -0.05) is 0 Å². The number of nitrogens with zero attached hydrogens (tertiary/aromatic N) is 1. The molecule has 0 saturated heterocycles. The lowest BCUT2D eigenvalue weighted by molar-refractivity contribution is -0.141. The van der Waals surface area contributed by atoms with Gasteiger partial charge < -0.3 is 15.8 Å². The molecule has 0 aliphatic rings. The van der Waals surface area contributed by atoms with Gasteiger partial charge in [-0.2, -0.15) is 13.2 Å². The number of nitrogens with two attached hydrogens (primary N) is 1. The molecule has 0 unspecified atom stereocenters. The smallest absolute Gasteiger partial charge is 0.385 e. The molecule has 1 rings (SSSR count). The Hall–Kier alpha value is -1.83. The first-order valence-electron chi connectivity index (χ1n) is 6.47. The Kier molecular flexibility index (Phi) is 6.41. The summed E-state index contributed by atoms with van der Waals surface area (Å²) in [6.45, 7) is 1.03. The van der Waals surface area contributed by atoms with Gasteiger partial charge >= 0.3 is 6.18 Å². The lowest BCUT2D eigenvalue weighted by Crippen LogP contribution is -2.18. The molecule has 118 valence electrons. The number of halogens is 3. The fourth-order valence-corrected chi connectivity index (χ4v) is 1.71. The summed E-state index contributed by atoms with van der Waals surface area (Å²) >= 11 is 0. The second kappa shape index (κ2) is 7.82. The summed E-state index contributed by atoms with van der Waals surface area (Å²) in [6, 6.07) is 1.77. The molecule has 0 radical (unpaired) electrons. The molecule has 1 heterocycles. The first-order valence-corrected chi connectivity index (χ1v) is 6.47. The van der Waals surface area contributed by atoms with Crippen LogP contribution in [0.3, 0.4) is 0 Å². The van der Waals surface area contributed by atoms with E-state index in [1.165, 1.54) is 0 Å². The van der Waals surface area contributed by atoms with Crippen LogP contribution in [0, 0.1) is 0 Å². The zero-order chi connectivity index (χ0) is 15.9. The largest absolute Gasteiger partial charge is 0.433 e. The van der Waals surface area contributed by atoms with Crippen molar-refractivity contribution in [3.63, 3.8) is 0 Å². The molecule has 8 heteroatoms. The minimum absolute atomic E-state index is 0.0557. The number of unbranched alkanes of at least 4 members (excludes halogenated alkanes) is 2. The second-order valence-corrected chi connectivity index (χ2v) is 4.43. The summed E-state index contributed by atoms with van der Waals surface area (Å²) in [7, 11) is 1.60. The molecule has 0 saturated carbocycles. The molecular formula is C13H18F3N3O2. The van der Waals surface area contributed by atoms with E-state index in [1.807, 2.05) is 0 Å². The number of primary amides is 1. The van der Waals surface area contributed by atoms with Gasteiger partial charge in [0.15, 0.2) is 0 Å². The number of hydrogen-bond acceptors (Lipinski definition) is 4. The Balaban J connectivity index is 2.71. The average Bonchev–Trinajstić information content (AvgIpc) is 2.41. The number of nitrogens with one attached hydrogen (secondary N) is 1. The van der Waals surface area contributed by atoms with Crippen molar-refractivity contribution in [2.45, 2.75) is 25.4 Å². The number of pyridine rings is 1. The monoisotopic (exact) mass is 305 g/mol. The van der Waals surface area contributed by atoms with Crippen molar-refractivity contribution in [2.75, 3.05) is 25.6 Å². The van der Waals surface area contributed by atoms with Gasteiger partial charge in [0.1, 0.15) is 11.5 Å². The second-order valence-electron chi connectivity index (χ2n) is 4.43. The molecular weight excluding hydrogens is 287 g/mol. The van der Waals surface area contributed by atoms with Crippen LogP contribution in [0.2, 0.25) is 0 Å². The zero-order valence-electron chi connectivity index (χ0n) is 11.7. The predicted octanol–water partition coefficient (Wildman–Crippen LogP) is 2.43. The number of carbonyl (C=O) groups excluding carboxylic acids is 1. The molecule has 3 N–H and O–H groups in total. The topological polar surface area (TPSA) is 77.2 Å². The number of rotatable bonds is 8. The van der Waals surface area contributed by atoms with Gasteiger partial charge in [-0.25, -0.2) is 4.98 Å². The normalized spacial score (nSPS) is 11.4. The summed E-state index contributed by atoms with van der Waals surface area (Å²) < 4.78 is 42.7. The lowest BCUT2D eigenvalue weighted by Gasteiger charge is -2.12. The number of methoxy groups -OCH3 is 1. The highest BCUT2D eigenvalue weighted by molar-refractivity contribution is 5.97. The SMILES string of the molecule is COCCCCCNc1nc(C(F)(F)F)ccc1C(N)=O. The van der Waals surface area contributed by atoms with Gasteiger partial charge in [0.05, 0.1) is 5.56 Å². The molecule has 1 aromatic heterocycles. The first-order chi connectivity index (χ1) is 9.86. The van der Waals surface area contributed by atoms with Crippen LogP contribution in [0.4, 0.5) is 19.0 Å². The fraction of sp³-hybridized carbons (Fsp3) is 0.538. The van der Waals surface area contributed by atoms with Crippen LogP contribution < -0.4 is 11.1 Å². The van der Waals surface area contributed by atoms with Gasteiger partial charge in [-0.15, -0.1) is 0 Å². The highest BCUT2D eigenvalue weighted by Crippen LogP contribution is 2.29. The first kappa shape index (κ1) is 17.2. The molecule has 0 spiro atoms. The minimum atomic E-state index is -4.56. The van der Waals surface area contributed by atoms with Crippen LogP contribution in [-0.2, 0) is 10.9 Å². The number of ether oxygens (including phenoxy) is 1. The Morgan fingerprint density at radius 2 is 2.05 bits per heavy atom. The van der Waals surface area contributed by atoms with Crippen molar-refractivity contribution in [3.8, 4) is 0 Å². The van der Waals surface area contributed by atoms with Crippen LogP contribution in [-0.4, -0.2) is 31.2 Å². The number of alkyl halides is 3. The van der Waals surface area contributed by atoms with Crippen molar-refractivity contribution < 1.29 is 22.7 Å². The van der Waals surface area contributed by atoms with E-state index >= 15 is 0 Å². The fourth-order valence-electron chi connectivity index (χ4n) is 1.71. The van der Waals surface area contributed by atoms with E-state index in [0.29, 0.717) is 13.2 Å². The maximum absolute atomic E-state index is 12.6. The molecule has 5 nitrogen and oxygen atoms in total. The highest BCUT2D eigenvalue weighted by Gasteiger charge is 2.33. The standard InChI is InChI=1S/C13H18F3N3O2/c1-21-8-4-2-3-7-18-12-9(11(17)20)5-6-10(19-12)13(14,15)16/h5-6H,2-4,7-8H2,1H3,(H2,17,20)(H,18,19). The summed E-state index contributed by atoms with van der Waals surface area (Å²) in [6.07, 6.45) is -2.13. The third-order valence-electron chi connectivity index (χ3n) is 2.77. The number of amides is 1. The molecule has 1 amide bonds. The molecule has 0 aromatic carbocycles. The molecule has 1 aromatic rings. The Labute approximate surface area is 120 Å². The summed E-state index contributed by atoms with van der Waals surface area (Å²) in [5, 5.41) is 2.73. The van der Waals surface area contributed by atoms with Crippen LogP contribution in [0.1, 0.15) is 35.3 Å². The number of hydrogen-bond donors (Lipinski definition) is 2. The molecule has 0 aliphatic carbocycles. The lowest BCUT2D eigenvalue weighted by atomic mass is 10.2. The predicted molar refractivity (Wildman–Crippen MR) is 72.0 cm³/mol. The van der Waals surface area contributed by atoms with Gasteiger partial charge in [-0.3, -0.25) is 4.79 Å². The third-order valence-corrected chi connectivity index (χ3v) is 2.77. The molecule has 0 atom stereocenters. The van der Waals surface area contributed by atoms with Gasteiger partial charge in [0.2, 0.25) is 0 Å². The van der Waals surface area contributed by atoms with Crippen molar-refractivity contribution in [1.82, 2.24) is 4.98 Å². The third kappa shape index (κ3) is 5.58. The van der Waals surface area contributed by atoms with Gasteiger partial charge in [-0.05, 0) is 31.4 Å². The van der Waals surface area contributed by atoms with Gasteiger partial charge in [0.25, 0.3) is 5.91 Å². The Bertz CT molecular complexity index is 478. The zero-order valence-corrected chi connectivity index (χ0v) is 11.7. The van der Waals surface area contributed by atoms with Crippen molar-refractivity contribution in [1.29, 1.82) is 0 Å². The number of aromatic nitrogens is 1. The minimum Gasteiger partial charge on any atom is -0.385 e. The maximum atomic E-state index is 12.6. The van der Waals surface area contributed by atoms with Crippen LogP contribution in [0.5, 0.6) is 0 Å². The number of anilines is 1. The van der Waals surface area contributed by atoms with E-state index in [2.05, 4.69) is 10.3 Å². The van der Waals surface area contributed by atoms with Crippen molar-refractivity contribution >= 4 is 11.7 Å². The highest BCUT2D eigenvalue weighted by atomic mass is 19.4. The van der Waals surface area contributed by atoms with E-state index < -0.39 is 17.8 Å². The summed E-state index contributed by atoms with van der Waals surface area (Å²) in [4.78, 5) is 14.6.